The van der Waals surface area contributed by atoms with Crippen molar-refractivity contribution < 1.29 is 4.79 Å². The summed E-state index contributed by atoms with van der Waals surface area (Å²) in [6.07, 6.45) is 5.91. The van der Waals surface area contributed by atoms with Crippen LogP contribution in [0.4, 0.5) is 0 Å². The van der Waals surface area contributed by atoms with Crippen molar-refractivity contribution in [1.82, 2.24) is 0 Å². The average molecular weight is 244 g/mol. The van der Waals surface area contributed by atoms with Crippen LogP contribution in [-0.2, 0) is 32.1 Å². The summed E-state index contributed by atoms with van der Waals surface area (Å²) in [6.45, 7) is 8.88. The van der Waals surface area contributed by atoms with Crippen LogP contribution in [0.3, 0.4) is 0 Å². The number of hydrogen-bond donors (Lipinski definition) is 0. The normalized spacial score (nSPS) is 14.1. The summed E-state index contributed by atoms with van der Waals surface area (Å²) in [4.78, 5) is 12.2. The van der Waals surface area contributed by atoms with Gasteiger partial charge in [0, 0.05) is 12.0 Å². The molecule has 1 heteroatoms. The minimum absolute atomic E-state index is 0.383. The van der Waals surface area contributed by atoms with E-state index in [2.05, 4.69) is 27.7 Å². The van der Waals surface area contributed by atoms with Gasteiger partial charge in [0.05, 0.1) is 0 Å². The van der Waals surface area contributed by atoms with E-state index in [1.165, 1.54) is 27.8 Å². The van der Waals surface area contributed by atoms with E-state index in [1.807, 2.05) is 0 Å². The van der Waals surface area contributed by atoms with Gasteiger partial charge in [-0.2, -0.15) is 0 Å². The summed E-state index contributed by atoms with van der Waals surface area (Å²) >= 11 is 0. The maximum atomic E-state index is 12.2. The highest BCUT2D eigenvalue weighted by Crippen LogP contribution is 2.35. The quantitative estimate of drug-likeness (QED) is 0.780. The van der Waals surface area contributed by atoms with E-state index in [0.717, 1.165) is 44.1 Å². The van der Waals surface area contributed by atoms with Gasteiger partial charge in [0.15, 0.2) is 5.78 Å². The Bertz CT molecular complexity index is 483. The van der Waals surface area contributed by atoms with Gasteiger partial charge >= 0.3 is 0 Å². The molecule has 0 amide bonds. The van der Waals surface area contributed by atoms with Crippen molar-refractivity contribution in [2.24, 2.45) is 0 Å². The Labute approximate surface area is 111 Å². The third kappa shape index (κ3) is 1.81. The topological polar surface area (TPSA) is 17.1 Å². The zero-order valence-electron chi connectivity index (χ0n) is 12.2. The predicted octanol–water partition coefficient (Wildman–Crippen LogP) is 4.07. The van der Waals surface area contributed by atoms with Gasteiger partial charge in [0.1, 0.15) is 0 Å². The molecule has 0 unspecified atom stereocenters. The molecule has 0 fully saturated rings. The first-order chi connectivity index (χ1) is 8.69. The molecule has 0 spiro atoms. The number of benzene rings is 1. The highest BCUT2D eigenvalue weighted by Gasteiger charge is 2.28. The molecule has 0 atom stereocenters. The first kappa shape index (κ1) is 13.3. The van der Waals surface area contributed by atoms with Crippen LogP contribution in [0.1, 0.15) is 72.3 Å². The van der Waals surface area contributed by atoms with Crippen molar-refractivity contribution in [3.63, 3.8) is 0 Å². The molecule has 0 aromatic heterocycles. The Balaban J connectivity index is 2.82. The number of carbonyl (C=O) groups excluding carboxylic acids is 1. The van der Waals surface area contributed by atoms with E-state index in [4.69, 9.17) is 0 Å². The second kappa shape index (κ2) is 5.26. The van der Waals surface area contributed by atoms with Crippen molar-refractivity contribution in [1.29, 1.82) is 0 Å². The summed E-state index contributed by atoms with van der Waals surface area (Å²) in [5, 5.41) is 0. The molecular formula is C17H24O. The summed E-state index contributed by atoms with van der Waals surface area (Å²) in [7, 11) is 0. The fraction of sp³-hybridized carbons (Fsp3) is 0.588. The Morgan fingerprint density at radius 2 is 1.22 bits per heavy atom. The predicted molar refractivity (Wildman–Crippen MR) is 76.6 cm³/mol. The number of fused-ring (bicyclic) bond motifs is 1. The smallest absolute Gasteiger partial charge is 0.163 e. The molecule has 0 saturated carbocycles. The first-order valence-corrected chi connectivity index (χ1v) is 7.40. The van der Waals surface area contributed by atoms with Crippen molar-refractivity contribution >= 4 is 5.78 Å². The number of carbonyl (C=O) groups is 1. The van der Waals surface area contributed by atoms with Crippen LogP contribution in [-0.4, -0.2) is 5.78 Å². The summed E-state index contributed by atoms with van der Waals surface area (Å²) in [6, 6.07) is 0. The summed E-state index contributed by atoms with van der Waals surface area (Å²) < 4.78 is 0. The van der Waals surface area contributed by atoms with Gasteiger partial charge in [0.2, 0.25) is 0 Å². The lowest BCUT2D eigenvalue weighted by molar-refractivity contribution is 0.0993. The zero-order chi connectivity index (χ0) is 13.3. The van der Waals surface area contributed by atoms with Gasteiger partial charge in [-0.05, 0) is 59.9 Å². The van der Waals surface area contributed by atoms with Gasteiger partial charge in [0.25, 0.3) is 0 Å². The molecule has 0 radical (unpaired) electrons. The second-order valence-corrected chi connectivity index (χ2v) is 5.11. The molecule has 0 N–H and O–H groups in total. The number of ketones is 1. The Morgan fingerprint density at radius 3 is 1.72 bits per heavy atom. The fourth-order valence-corrected chi connectivity index (χ4v) is 3.68. The van der Waals surface area contributed by atoms with E-state index in [0.29, 0.717) is 5.78 Å². The minimum Gasteiger partial charge on any atom is -0.294 e. The maximum Gasteiger partial charge on any atom is 0.163 e. The third-order valence-corrected chi connectivity index (χ3v) is 4.36. The van der Waals surface area contributed by atoms with Gasteiger partial charge in [-0.25, -0.2) is 0 Å². The summed E-state index contributed by atoms with van der Waals surface area (Å²) in [5.41, 5.74) is 8.31. The molecule has 0 aliphatic heterocycles. The Kier molecular flexibility index (Phi) is 3.89. The zero-order valence-corrected chi connectivity index (χ0v) is 12.2. The van der Waals surface area contributed by atoms with Gasteiger partial charge in [-0.15, -0.1) is 0 Å². The van der Waals surface area contributed by atoms with Crippen LogP contribution in [0.2, 0.25) is 0 Å². The van der Waals surface area contributed by atoms with Crippen molar-refractivity contribution in [2.45, 2.75) is 66.2 Å². The van der Waals surface area contributed by atoms with Gasteiger partial charge < -0.3 is 0 Å². The number of hydrogen-bond acceptors (Lipinski definition) is 1. The molecule has 1 aromatic carbocycles. The van der Waals surface area contributed by atoms with Crippen LogP contribution >= 0.6 is 0 Å². The van der Waals surface area contributed by atoms with Crippen molar-refractivity contribution in [2.75, 3.05) is 0 Å². The molecule has 0 saturated heterocycles. The monoisotopic (exact) mass is 244 g/mol. The SMILES string of the molecule is CCc1c(CC)c(CC)c2c(c1CC)CCC2=O. The minimum atomic E-state index is 0.383. The van der Waals surface area contributed by atoms with E-state index in [-0.39, 0.29) is 0 Å². The van der Waals surface area contributed by atoms with E-state index in [1.54, 1.807) is 0 Å². The highest BCUT2D eigenvalue weighted by atomic mass is 16.1. The van der Waals surface area contributed by atoms with E-state index >= 15 is 0 Å². The standard InChI is InChI=1S/C17H24O/c1-5-11-12(6-2)14(8-4)17-15(13(11)7-3)9-10-16(17)18/h5-10H2,1-4H3. The number of Topliss-reactive ketones (excluding diaryl/α,β-unsaturated/α-hetero) is 1. The van der Waals surface area contributed by atoms with Crippen LogP contribution in [0.15, 0.2) is 0 Å². The molecule has 2 rings (SSSR count). The molecule has 1 nitrogen and oxygen atoms in total. The molecule has 98 valence electrons. The van der Waals surface area contributed by atoms with Crippen LogP contribution in [0.25, 0.3) is 0 Å². The van der Waals surface area contributed by atoms with Crippen LogP contribution in [0.5, 0.6) is 0 Å². The number of rotatable bonds is 4. The molecule has 1 aliphatic rings. The van der Waals surface area contributed by atoms with Crippen molar-refractivity contribution in [3.05, 3.63) is 33.4 Å². The Morgan fingerprint density at radius 1 is 0.722 bits per heavy atom. The summed E-state index contributed by atoms with van der Waals surface area (Å²) in [5.74, 6) is 0.383. The van der Waals surface area contributed by atoms with Crippen LogP contribution < -0.4 is 0 Å². The third-order valence-electron chi connectivity index (χ3n) is 4.36. The first-order valence-electron chi connectivity index (χ1n) is 7.40. The highest BCUT2D eigenvalue weighted by molar-refractivity contribution is 6.02. The Hall–Kier alpha value is -1.11. The molecule has 0 heterocycles. The molecular weight excluding hydrogens is 220 g/mol. The largest absolute Gasteiger partial charge is 0.294 e. The van der Waals surface area contributed by atoms with Gasteiger partial charge in [-0.1, -0.05) is 27.7 Å². The maximum absolute atomic E-state index is 12.2. The lowest BCUT2D eigenvalue weighted by atomic mass is 9.83. The lowest BCUT2D eigenvalue weighted by Gasteiger charge is -2.21. The van der Waals surface area contributed by atoms with Crippen LogP contribution in [0, 0.1) is 0 Å². The molecule has 1 aliphatic carbocycles. The second-order valence-electron chi connectivity index (χ2n) is 5.11. The van der Waals surface area contributed by atoms with E-state index < -0.39 is 0 Å². The molecule has 0 bridgehead atoms. The van der Waals surface area contributed by atoms with Gasteiger partial charge in [-0.3, -0.25) is 4.79 Å². The average Bonchev–Trinajstić information content (AvgIpc) is 2.77. The van der Waals surface area contributed by atoms with E-state index in [9.17, 15) is 4.79 Å². The van der Waals surface area contributed by atoms with Crippen molar-refractivity contribution in [3.8, 4) is 0 Å². The molecule has 1 aromatic rings. The lowest BCUT2D eigenvalue weighted by Crippen LogP contribution is -2.10. The fourth-order valence-electron chi connectivity index (χ4n) is 3.68. The molecule has 18 heavy (non-hydrogen) atoms.